The quantitative estimate of drug-likeness (QED) is 0.859. The summed E-state index contributed by atoms with van der Waals surface area (Å²) in [6.45, 7) is 0. The molecule has 0 aliphatic heterocycles. The number of para-hydroxylation sites is 1. The zero-order chi connectivity index (χ0) is 13.9. The number of ketones is 1. The van der Waals surface area contributed by atoms with Gasteiger partial charge in [0.1, 0.15) is 11.5 Å². The molecule has 0 radical (unpaired) electrons. The smallest absolute Gasteiger partial charge is 0.237 e. The fourth-order valence-corrected chi connectivity index (χ4v) is 2.56. The summed E-state index contributed by atoms with van der Waals surface area (Å²) in [7, 11) is 1.60. The minimum Gasteiger partial charge on any atom is -0.496 e. The molecule has 2 aromatic rings. The number of Topliss-reactive ketones (excluding diaryl/α,β-unsaturated/α-hetero) is 1. The Morgan fingerprint density at radius 3 is 2.95 bits per heavy atom. The molecule has 0 bridgehead atoms. The largest absolute Gasteiger partial charge is 0.496 e. The summed E-state index contributed by atoms with van der Waals surface area (Å²) in [5, 5.41) is 3.99. The summed E-state index contributed by atoms with van der Waals surface area (Å²) >= 11 is 0. The van der Waals surface area contributed by atoms with Crippen molar-refractivity contribution in [1.29, 1.82) is 0 Å². The standard InChI is InChI=1S/C15H16N2O3/c1-19-13-9-5-3-7-11(13)14-16-15(20-17-14)10-6-2-4-8-12(10)18/h3,5,7,9-10H,2,4,6,8H2,1H3. The molecule has 0 amide bonds. The van der Waals surface area contributed by atoms with Crippen molar-refractivity contribution in [2.24, 2.45) is 0 Å². The van der Waals surface area contributed by atoms with Gasteiger partial charge in [0.25, 0.3) is 0 Å². The van der Waals surface area contributed by atoms with Crippen LogP contribution in [0.4, 0.5) is 0 Å². The second-order valence-corrected chi connectivity index (χ2v) is 4.92. The first-order valence-corrected chi connectivity index (χ1v) is 6.79. The van der Waals surface area contributed by atoms with E-state index in [-0.39, 0.29) is 11.7 Å². The van der Waals surface area contributed by atoms with Gasteiger partial charge in [-0.15, -0.1) is 0 Å². The maximum absolute atomic E-state index is 11.9. The second-order valence-electron chi connectivity index (χ2n) is 4.92. The van der Waals surface area contributed by atoms with E-state index < -0.39 is 0 Å². The number of nitrogens with zero attached hydrogens (tertiary/aromatic N) is 2. The maximum atomic E-state index is 11.9. The van der Waals surface area contributed by atoms with E-state index in [1.165, 1.54) is 0 Å². The molecule has 1 aliphatic rings. The molecule has 1 heterocycles. The van der Waals surface area contributed by atoms with E-state index in [4.69, 9.17) is 9.26 Å². The summed E-state index contributed by atoms with van der Waals surface area (Å²) in [5.41, 5.74) is 0.772. The van der Waals surface area contributed by atoms with Crippen LogP contribution >= 0.6 is 0 Å². The Morgan fingerprint density at radius 1 is 1.30 bits per heavy atom. The van der Waals surface area contributed by atoms with Gasteiger partial charge in [-0.2, -0.15) is 4.98 Å². The molecular weight excluding hydrogens is 256 g/mol. The molecule has 20 heavy (non-hydrogen) atoms. The zero-order valence-corrected chi connectivity index (χ0v) is 11.3. The Kier molecular flexibility index (Phi) is 3.50. The van der Waals surface area contributed by atoms with Crippen LogP contribution in [-0.2, 0) is 4.79 Å². The molecule has 104 valence electrons. The third-order valence-corrected chi connectivity index (χ3v) is 3.64. The molecule has 1 aromatic carbocycles. The number of hydrogen-bond donors (Lipinski definition) is 0. The van der Waals surface area contributed by atoms with E-state index in [9.17, 15) is 4.79 Å². The van der Waals surface area contributed by atoms with Crippen molar-refractivity contribution in [3.8, 4) is 17.1 Å². The number of methoxy groups -OCH3 is 1. The van der Waals surface area contributed by atoms with Crippen LogP contribution in [0.25, 0.3) is 11.4 Å². The number of hydrogen-bond acceptors (Lipinski definition) is 5. The van der Waals surface area contributed by atoms with Gasteiger partial charge in [-0.05, 0) is 25.0 Å². The summed E-state index contributed by atoms with van der Waals surface area (Å²) in [5.74, 6) is 1.55. The Balaban J connectivity index is 1.92. The maximum Gasteiger partial charge on any atom is 0.237 e. The SMILES string of the molecule is COc1ccccc1-c1noc(C2CCCCC2=O)n1. The molecule has 5 heteroatoms. The van der Waals surface area contributed by atoms with Gasteiger partial charge in [0.15, 0.2) is 0 Å². The highest BCUT2D eigenvalue weighted by atomic mass is 16.5. The number of aromatic nitrogens is 2. The van der Waals surface area contributed by atoms with Crippen LogP contribution in [0.5, 0.6) is 5.75 Å². The Bertz CT molecular complexity index is 621. The molecule has 5 nitrogen and oxygen atoms in total. The third kappa shape index (κ3) is 2.31. The van der Waals surface area contributed by atoms with E-state index in [0.29, 0.717) is 23.9 Å². The van der Waals surface area contributed by atoms with Crippen LogP contribution in [0.3, 0.4) is 0 Å². The van der Waals surface area contributed by atoms with Crippen LogP contribution in [0.2, 0.25) is 0 Å². The van der Waals surface area contributed by atoms with E-state index in [1.807, 2.05) is 24.3 Å². The highest BCUT2D eigenvalue weighted by Crippen LogP contribution is 2.32. The number of carbonyl (C=O) groups excluding carboxylic acids is 1. The Morgan fingerprint density at radius 2 is 2.15 bits per heavy atom. The lowest BCUT2D eigenvalue weighted by atomic mass is 9.88. The Hall–Kier alpha value is -2.17. The molecule has 1 atom stereocenters. The van der Waals surface area contributed by atoms with Crippen molar-refractivity contribution in [3.63, 3.8) is 0 Å². The van der Waals surface area contributed by atoms with Gasteiger partial charge in [-0.25, -0.2) is 0 Å². The van der Waals surface area contributed by atoms with Crippen molar-refractivity contribution in [2.75, 3.05) is 7.11 Å². The lowest BCUT2D eigenvalue weighted by Gasteiger charge is -2.16. The summed E-state index contributed by atoms with van der Waals surface area (Å²) in [4.78, 5) is 16.3. The van der Waals surface area contributed by atoms with Crippen LogP contribution in [0.1, 0.15) is 37.5 Å². The third-order valence-electron chi connectivity index (χ3n) is 3.64. The fourth-order valence-electron chi connectivity index (χ4n) is 2.56. The van der Waals surface area contributed by atoms with Gasteiger partial charge in [0, 0.05) is 6.42 Å². The molecular formula is C15H16N2O3. The monoisotopic (exact) mass is 272 g/mol. The van der Waals surface area contributed by atoms with Crippen molar-refractivity contribution in [1.82, 2.24) is 10.1 Å². The van der Waals surface area contributed by atoms with Crippen LogP contribution < -0.4 is 4.74 Å². The lowest BCUT2D eigenvalue weighted by molar-refractivity contribution is -0.122. The van der Waals surface area contributed by atoms with Gasteiger partial charge in [-0.1, -0.05) is 23.7 Å². The van der Waals surface area contributed by atoms with E-state index in [1.54, 1.807) is 7.11 Å². The molecule has 0 spiro atoms. The zero-order valence-electron chi connectivity index (χ0n) is 11.3. The van der Waals surface area contributed by atoms with Crippen molar-refractivity contribution < 1.29 is 14.1 Å². The first-order valence-electron chi connectivity index (χ1n) is 6.79. The molecule has 3 rings (SSSR count). The molecule has 1 fully saturated rings. The highest BCUT2D eigenvalue weighted by Gasteiger charge is 2.29. The van der Waals surface area contributed by atoms with Crippen LogP contribution in [0, 0.1) is 0 Å². The number of rotatable bonds is 3. The average molecular weight is 272 g/mol. The molecule has 1 saturated carbocycles. The minimum absolute atomic E-state index is 0.200. The predicted octanol–water partition coefficient (Wildman–Crippen LogP) is 2.97. The number of carbonyl (C=O) groups is 1. The fraction of sp³-hybridized carbons (Fsp3) is 0.400. The minimum atomic E-state index is -0.236. The van der Waals surface area contributed by atoms with Gasteiger partial charge in [0.05, 0.1) is 18.6 Å². The molecule has 1 aliphatic carbocycles. The normalized spacial score (nSPS) is 19.1. The summed E-state index contributed by atoms with van der Waals surface area (Å²) in [6.07, 6.45) is 3.40. The van der Waals surface area contributed by atoms with E-state index in [2.05, 4.69) is 10.1 Å². The molecule has 0 saturated heterocycles. The Labute approximate surface area is 116 Å². The van der Waals surface area contributed by atoms with Gasteiger partial charge in [0.2, 0.25) is 11.7 Å². The van der Waals surface area contributed by atoms with Gasteiger partial charge >= 0.3 is 0 Å². The molecule has 1 aromatic heterocycles. The summed E-state index contributed by atoms with van der Waals surface area (Å²) < 4.78 is 10.6. The van der Waals surface area contributed by atoms with E-state index >= 15 is 0 Å². The van der Waals surface area contributed by atoms with Crippen LogP contribution in [0.15, 0.2) is 28.8 Å². The summed E-state index contributed by atoms with van der Waals surface area (Å²) in [6, 6.07) is 7.49. The lowest BCUT2D eigenvalue weighted by Crippen LogP contribution is -2.17. The van der Waals surface area contributed by atoms with Gasteiger partial charge < -0.3 is 9.26 Å². The van der Waals surface area contributed by atoms with Gasteiger partial charge in [-0.3, -0.25) is 4.79 Å². The number of ether oxygens (including phenoxy) is 1. The number of benzene rings is 1. The van der Waals surface area contributed by atoms with Crippen molar-refractivity contribution in [2.45, 2.75) is 31.6 Å². The first kappa shape index (κ1) is 12.8. The van der Waals surface area contributed by atoms with Crippen molar-refractivity contribution in [3.05, 3.63) is 30.2 Å². The molecule has 1 unspecified atom stereocenters. The second kappa shape index (κ2) is 5.45. The topological polar surface area (TPSA) is 65.2 Å². The average Bonchev–Trinajstić information content (AvgIpc) is 2.97. The predicted molar refractivity (Wildman–Crippen MR) is 72.5 cm³/mol. The highest BCUT2D eigenvalue weighted by molar-refractivity contribution is 5.85. The molecule has 0 N–H and O–H groups in total. The van der Waals surface area contributed by atoms with Crippen LogP contribution in [-0.4, -0.2) is 23.0 Å². The first-order chi connectivity index (χ1) is 9.79. The van der Waals surface area contributed by atoms with Crippen molar-refractivity contribution >= 4 is 5.78 Å². The van der Waals surface area contributed by atoms with E-state index in [0.717, 1.165) is 24.8 Å².